The summed E-state index contributed by atoms with van der Waals surface area (Å²) in [6, 6.07) is 26.7. The van der Waals surface area contributed by atoms with E-state index < -0.39 is 86.4 Å². The van der Waals surface area contributed by atoms with E-state index in [0.29, 0.717) is 9.95 Å². The van der Waals surface area contributed by atoms with Crippen LogP contribution in [0, 0.1) is 5.82 Å². The summed E-state index contributed by atoms with van der Waals surface area (Å²) in [6.07, 6.45) is -5.55. The van der Waals surface area contributed by atoms with Crippen molar-refractivity contribution >= 4 is 48.0 Å². The first kappa shape index (κ1) is 35.3. The minimum atomic E-state index is -4.06. The summed E-state index contributed by atoms with van der Waals surface area (Å²) in [7, 11) is 0. The molecule has 6 aromatic rings. The molecule has 1 saturated heterocycles. The standard InChI is InChI=1S/C37H25F3N4O8Se/c38-26-19-23(44-32(46)25-13-7-8-14-28(25)53-44)15-16-24(26)31(45)41-29-17-18-43(36(49)42-29)35-37(39,40)30(52-34(48)22-11-5-2-6-12-22)27(51-35)20-50-33(47)21-9-3-1-4-10-21/h1-19,27,30,35H,20H2,(H,41,42,45,49)/t27-,30-,35-/m0/s1. The van der Waals surface area contributed by atoms with Gasteiger partial charge in [0.05, 0.1) is 11.1 Å². The zero-order valence-electron chi connectivity index (χ0n) is 27.1. The van der Waals surface area contributed by atoms with Gasteiger partial charge < -0.3 is 14.2 Å². The van der Waals surface area contributed by atoms with E-state index in [4.69, 9.17) is 14.2 Å². The SMILES string of the molecule is O=C(OC[C@@H]1O[C@H](n2ccc(NC(=O)c3ccc(-n4[se]c5ccccc5c4=O)cc3F)nc2=O)C(F)(F)[C@H]1OC(=O)c1ccccc1)c1ccccc1. The molecule has 0 spiro atoms. The molecule has 1 fully saturated rings. The van der Waals surface area contributed by atoms with Crippen LogP contribution in [0.25, 0.3) is 15.3 Å². The molecule has 268 valence electrons. The van der Waals surface area contributed by atoms with Gasteiger partial charge >= 0.3 is 180 Å². The van der Waals surface area contributed by atoms with E-state index in [9.17, 15) is 24.0 Å². The summed E-state index contributed by atoms with van der Waals surface area (Å²) in [4.78, 5) is 68.0. The van der Waals surface area contributed by atoms with Crippen LogP contribution in [0.1, 0.15) is 37.3 Å². The second-order valence-corrected chi connectivity index (χ2v) is 13.7. The number of anilines is 1. The molecule has 0 radical (unpaired) electrons. The number of nitrogens with zero attached hydrogens (tertiary/aromatic N) is 3. The summed E-state index contributed by atoms with van der Waals surface area (Å²) >= 11 is -0.437. The molecule has 0 saturated carbocycles. The molecule has 1 N–H and O–H groups in total. The van der Waals surface area contributed by atoms with Crippen LogP contribution in [0.5, 0.6) is 0 Å². The molecule has 3 heterocycles. The van der Waals surface area contributed by atoms with E-state index in [1.54, 1.807) is 42.5 Å². The number of hydrogen-bond donors (Lipinski definition) is 1. The van der Waals surface area contributed by atoms with Gasteiger partial charge in [0, 0.05) is 0 Å². The number of nitrogens with one attached hydrogen (secondary N) is 1. The van der Waals surface area contributed by atoms with Gasteiger partial charge in [-0.25, -0.2) is 9.59 Å². The molecule has 1 aliphatic rings. The molecule has 1 amide bonds. The predicted molar refractivity (Wildman–Crippen MR) is 184 cm³/mol. The summed E-state index contributed by atoms with van der Waals surface area (Å²) in [6.45, 7) is -0.771. The van der Waals surface area contributed by atoms with Crippen molar-refractivity contribution in [2.75, 3.05) is 11.9 Å². The van der Waals surface area contributed by atoms with Crippen molar-refractivity contribution in [1.82, 2.24) is 13.1 Å². The Morgan fingerprint density at radius 1 is 0.868 bits per heavy atom. The van der Waals surface area contributed by atoms with E-state index in [-0.39, 0.29) is 22.4 Å². The minimum absolute atomic E-state index is 0.0345. The molecule has 3 atom stereocenters. The summed E-state index contributed by atoms with van der Waals surface area (Å²) in [5.41, 5.74) is -1.68. The number of amides is 1. The molecular weight excluding hydrogens is 764 g/mol. The van der Waals surface area contributed by atoms with Gasteiger partial charge in [-0.2, -0.15) is 8.78 Å². The Morgan fingerprint density at radius 2 is 1.53 bits per heavy atom. The Balaban J connectivity index is 1.10. The number of esters is 2. The summed E-state index contributed by atoms with van der Waals surface area (Å²) < 4.78 is 66.0. The molecule has 0 unspecified atom stereocenters. The smallest absolute Gasteiger partial charge is 0.338 e. The number of carbonyl (C=O) groups excluding carboxylic acids is 3. The average Bonchev–Trinajstić information content (AvgIpc) is 3.63. The van der Waals surface area contributed by atoms with Crippen LogP contribution in [0.15, 0.2) is 125 Å². The van der Waals surface area contributed by atoms with Crippen LogP contribution >= 0.6 is 0 Å². The molecule has 0 bridgehead atoms. The van der Waals surface area contributed by atoms with Gasteiger partial charge in [-0.15, -0.1) is 0 Å². The third kappa shape index (κ3) is 7.07. The molecule has 0 aliphatic carbocycles. The number of halogens is 3. The van der Waals surface area contributed by atoms with Crippen molar-refractivity contribution in [3.63, 3.8) is 0 Å². The number of aromatic nitrogens is 3. The van der Waals surface area contributed by atoms with Crippen molar-refractivity contribution < 1.29 is 41.8 Å². The first-order valence-electron chi connectivity index (χ1n) is 15.8. The van der Waals surface area contributed by atoms with Crippen LogP contribution in [-0.4, -0.2) is 70.4 Å². The van der Waals surface area contributed by atoms with Crippen LogP contribution in [0.3, 0.4) is 0 Å². The minimum Gasteiger partial charge on any atom is -0.449 e. The van der Waals surface area contributed by atoms with Gasteiger partial charge in [0.2, 0.25) is 0 Å². The maximum absolute atomic E-state index is 16.1. The van der Waals surface area contributed by atoms with Crippen LogP contribution in [0.4, 0.5) is 19.0 Å². The Hall–Kier alpha value is -6.09. The predicted octanol–water partition coefficient (Wildman–Crippen LogP) is 4.61. The van der Waals surface area contributed by atoms with Gasteiger partial charge in [-0.3, -0.25) is 0 Å². The van der Waals surface area contributed by atoms with Crippen LogP contribution in [0.2, 0.25) is 0 Å². The van der Waals surface area contributed by atoms with E-state index >= 15 is 13.2 Å². The second kappa shape index (κ2) is 14.5. The molecule has 1 aliphatic heterocycles. The normalized spacial score (nSPS) is 17.7. The van der Waals surface area contributed by atoms with Gasteiger partial charge in [-0.1, -0.05) is 36.4 Å². The van der Waals surface area contributed by atoms with Crippen molar-refractivity contribution in [1.29, 1.82) is 0 Å². The number of rotatable bonds is 9. The topological polar surface area (TPSA) is 148 Å². The fraction of sp³-hybridized carbons (Fsp3) is 0.135. The Labute approximate surface area is 303 Å². The van der Waals surface area contributed by atoms with Gasteiger partial charge in [0.25, 0.3) is 0 Å². The first-order valence-corrected chi connectivity index (χ1v) is 17.5. The number of fused-ring (bicyclic) bond motifs is 1. The first-order chi connectivity index (χ1) is 25.5. The molecule has 7 rings (SSSR count). The summed E-state index contributed by atoms with van der Waals surface area (Å²) in [5.74, 6) is -8.38. The van der Waals surface area contributed by atoms with Gasteiger partial charge in [-0.05, 0) is 24.3 Å². The zero-order chi connectivity index (χ0) is 37.3. The Morgan fingerprint density at radius 3 is 2.19 bits per heavy atom. The average molecular weight is 790 g/mol. The number of benzene rings is 4. The van der Waals surface area contributed by atoms with E-state index in [0.717, 1.165) is 22.6 Å². The van der Waals surface area contributed by atoms with Crippen molar-refractivity contribution in [3.05, 3.63) is 159 Å². The molecule has 4 aromatic carbocycles. The second-order valence-electron chi connectivity index (χ2n) is 11.7. The fourth-order valence-corrected chi connectivity index (χ4v) is 7.70. The quantitative estimate of drug-likeness (QED) is 0.164. The number of ether oxygens (including phenoxy) is 3. The molecule has 12 nitrogen and oxygen atoms in total. The number of carbonyl (C=O) groups is 3. The van der Waals surface area contributed by atoms with Crippen molar-refractivity contribution in [2.45, 2.75) is 24.4 Å². The molecule has 2 aromatic heterocycles. The Kier molecular flexibility index (Phi) is 9.66. The zero-order valence-corrected chi connectivity index (χ0v) is 28.8. The molecular formula is C37H25F3N4O8Se. The van der Waals surface area contributed by atoms with E-state index in [2.05, 4.69) is 10.3 Å². The molecule has 16 heteroatoms. The van der Waals surface area contributed by atoms with Crippen LogP contribution < -0.4 is 16.6 Å². The van der Waals surface area contributed by atoms with E-state index in [1.165, 1.54) is 52.1 Å². The third-order valence-corrected chi connectivity index (χ3v) is 10.6. The third-order valence-electron chi connectivity index (χ3n) is 8.23. The maximum atomic E-state index is 16.1. The number of hydrogen-bond acceptors (Lipinski definition) is 9. The Bertz CT molecular complexity index is 2470. The van der Waals surface area contributed by atoms with Crippen molar-refractivity contribution in [2.24, 2.45) is 0 Å². The van der Waals surface area contributed by atoms with E-state index in [1.807, 2.05) is 6.07 Å². The maximum Gasteiger partial charge on any atom is 0.338 e. The number of alkyl halides is 2. The van der Waals surface area contributed by atoms with Crippen LogP contribution in [-0.2, 0) is 14.2 Å². The summed E-state index contributed by atoms with van der Waals surface area (Å²) in [5, 5.41) is 2.78. The van der Waals surface area contributed by atoms with Gasteiger partial charge in [0.1, 0.15) is 12.7 Å². The molecule has 53 heavy (non-hydrogen) atoms. The van der Waals surface area contributed by atoms with Gasteiger partial charge in [0.15, 0.2) is 6.10 Å². The largest absolute Gasteiger partial charge is 0.449 e. The fourth-order valence-electron chi connectivity index (χ4n) is 5.62. The monoisotopic (exact) mass is 790 g/mol. The van der Waals surface area contributed by atoms with Crippen molar-refractivity contribution in [3.8, 4) is 5.69 Å².